The smallest absolute Gasteiger partial charge is 0.339 e. The zero-order valence-corrected chi connectivity index (χ0v) is 15.8. The number of hydrogen-bond acceptors (Lipinski definition) is 5. The Morgan fingerprint density at radius 3 is 2.65 bits per heavy atom. The lowest BCUT2D eigenvalue weighted by Crippen LogP contribution is -2.57. The fourth-order valence-corrected chi connectivity index (χ4v) is 3.27. The predicted octanol–water partition coefficient (Wildman–Crippen LogP) is 3.15. The average molecular weight is 358 g/mol. The van der Waals surface area contributed by atoms with Crippen molar-refractivity contribution in [3.8, 4) is 0 Å². The summed E-state index contributed by atoms with van der Waals surface area (Å²) in [5.74, 6) is -0.912. The molecule has 1 heterocycles. The van der Waals surface area contributed by atoms with Crippen molar-refractivity contribution in [1.29, 1.82) is 0 Å². The van der Waals surface area contributed by atoms with E-state index in [1.54, 1.807) is 37.3 Å². The van der Waals surface area contributed by atoms with Crippen molar-refractivity contribution in [3.05, 3.63) is 41.6 Å². The first-order chi connectivity index (χ1) is 12.3. The topological polar surface area (TPSA) is 75.7 Å². The van der Waals surface area contributed by atoms with Crippen molar-refractivity contribution in [2.24, 2.45) is 0 Å². The Hall–Kier alpha value is -2.63. The highest BCUT2D eigenvalue weighted by Crippen LogP contribution is 2.31. The monoisotopic (exact) mass is 358 g/mol. The second kappa shape index (κ2) is 8.17. The lowest BCUT2D eigenvalue weighted by Gasteiger charge is -2.44. The van der Waals surface area contributed by atoms with Crippen molar-refractivity contribution in [1.82, 2.24) is 4.90 Å². The third kappa shape index (κ3) is 3.95. The number of esters is 1. The average Bonchev–Trinajstić information content (AvgIpc) is 2.60. The maximum absolute atomic E-state index is 13.1. The van der Waals surface area contributed by atoms with E-state index in [1.807, 2.05) is 11.8 Å². The van der Waals surface area contributed by atoms with Crippen LogP contribution in [-0.4, -0.2) is 41.8 Å². The number of hydrogen-bond donors (Lipinski definition) is 1. The Balaban J connectivity index is 2.33. The summed E-state index contributed by atoms with van der Waals surface area (Å²) in [5, 5.41) is 2.82. The number of ether oxygens (including phenoxy) is 1. The van der Waals surface area contributed by atoms with Crippen LogP contribution in [0, 0.1) is 0 Å². The molecule has 0 bridgehead atoms. The largest absolute Gasteiger partial charge is 0.465 e. The fraction of sp³-hybridized carbons (Fsp3) is 0.450. The Bertz CT molecular complexity index is 741. The first kappa shape index (κ1) is 19.7. The summed E-state index contributed by atoms with van der Waals surface area (Å²) in [7, 11) is 1.29. The summed E-state index contributed by atoms with van der Waals surface area (Å²) < 4.78 is 4.77. The maximum Gasteiger partial charge on any atom is 0.339 e. The van der Waals surface area contributed by atoms with Gasteiger partial charge in [-0.05, 0) is 32.4 Å². The SMILES string of the molecule is CCCCN1C(C)=CC(=O)CC1(C)C(=O)Nc1ccccc1C(=O)OC. The molecule has 0 saturated carbocycles. The van der Waals surface area contributed by atoms with Gasteiger partial charge in [-0.25, -0.2) is 4.79 Å². The molecule has 0 spiro atoms. The van der Waals surface area contributed by atoms with Gasteiger partial charge in [0.15, 0.2) is 5.78 Å². The minimum atomic E-state index is -1.01. The number of methoxy groups -OCH3 is 1. The molecule has 1 aromatic carbocycles. The predicted molar refractivity (Wildman–Crippen MR) is 99.8 cm³/mol. The number of carbonyl (C=O) groups excluding carboxylic acids is 3. The molecule has 1 aliphatic heterocycles. The van der Waals surface area contributed by atoms with E-state index in [0.717, 1.165) is 18.5 Å². The van der Waals surface area contributed by atoms with E-state index in [4.69, 9.17) is 4.74 Å². The van der Waals surface area contributed by atoms with Crippen LogP contribution in [0.15, 0.2) is 36.0 Å². The Morgan fingerprint density at radius 2 is 2.00 bits per heavy atom. The number of anilines is 1. The third-order valence-corrected chi connectivity index (χ3v) is 4.71. The second-order valence-electron chi connectivity index (χ2n) is 6.70. The minimum absolute atomic E-state index is 0.0749. The van der Waals surface area contributed by atoms with Crippen LogP contribution in [0.2, 0.25) is 0 Å². The van der Waals surface area contributed by atoms with E-state index < -0.39 is 11.5 Å². The van der Waals surface area contributed by atoms with Gasteiger partial charge in [0.25, 0.3) is 0 Å². The first-order valence-corrected chi connectivity index (χ1v) is 8.81. The van der Waals surface area contributed by atoms with Crippen LogP contribution in [0.5, 0.6) is 0 Å². The third-order valence-electron chi connectivity index (χ3n) is 4.71. The number of allylic oxidation sites excluding steroid dienone is 2. The zero-order chi connectivity index (χ0) is 19.3. The van der Waals surface area contributed by atoms with Crippen LogP contribution in [0.3, 0.4) is 0 Å². The highest BCUT2D eigenvalue weighted by molar-refractivity contribution is 6.07. The fourth-order valence-electron chi connectivity index (χ4n) is 3.27. The van der Waals surface area contributed by atoms with Gasteiger partial charge in [0, 0.05) is 24.7 Å². The highest BCUT2D eigenvalue weighted by atomic mass is 16.5. The summed E-state index contributed by atoms with van der Waals surface area (Å²) in [6.45, 7) is 6.39. The number of ketones is 1. The molecule has 1 aromatic rings. The number of nitrogens with zero attached hydrogens (tertiary/aromatic N) is 1. The van der Waals surface area contributed by atoms with Crippen LogP contribution >= 0.6 is 0 Å². The second-order valence-corrected chi connectivity index (χ2v) is 6.70. The van der Waals surface area contributed by atoms with Crippen LogP contribution in [0.4, 0.5) is 5.69 Å². The summed E-state index contributed by atoms with van der Waals surface area (Å²) in [6, 6.07) is 6.68. The molecule has 6 heteroatoms. The molecule has 140 valence electrons. The number of nitrogens with one attached hydrogen (secondary N) is 1. The van der Waals surface area contributed by atoms with Crippen LogP contribution in [0.25, 0.3) is 0 Å². The van der Waals surface area contributed by atoms with E-state index >= 15 is 0 Å². The molecular formula is C20H26N2O4. The Morgan fingerprint density at radius 1 is 1.31 bits per heavy atom. The summed E-state index contributed by atoms with van der Waals surface area (Å²) >= 11 is 0. The van der Waals surface area contributed by atoms with Gasteiger partial charge in [0.2, 0.25) is 5.91 Å². The van der Waals surface area contributed by atoms with Crippen LogP contribution < -0.4 is 5.32 Å². The number of rotatable bonds is 6. The van der Waals surface area contributed by atoms with Crippen molar-refractivity contribution in [2.75, 3.05) is 19.0 Å². The normalized spacial score (nSPS) is 19.8. The molecule has 1 atom stereocenters. The molecule has 0 saturated heterocycles. The lowest BCUT2D eigenvalue weighted by molar-refractivity contribution is -0.132. The molecule has 1 amide bonds. The standard InChI is InChI=1S/C20H26N2O4/c1-5-6-11-22-14(2)12-15(23)13-20(22,3)19(25)21-17-10-8-7-9-16(17)18(24)26-4/h7-10,12H,5-6,11,13H2,1-4H3,(H,21,25). The molecule has 0 aliphatic carbocycles. The van der Waals surface area contributed by atoms with Gasteiger partial charge >= 0.3 is 5.97 Å². The van der Waals surface area contributed by atoms with E-state index in [0.29, 0.717) is 12.2 Å². The number of benzene rings is 1. The molecule has 26 heavy (non-hydrogen) atoms. The van der Waals surface area contributed by atoms with Gasteiger partial charge in [0.05, 0.1) is 18.4 Å². The Kier molecular flexibility index (Phi) is 6.18. The van der Waals surface area contributed by atoms with Gasteiger partial charge < -0.3 is 15.0 Å². The van der Waals surface area contributed by atoms with E-state index in [9.17, 15) is 14.4 Å². The molecule has 1 aliphatic rings. The molecule has 2 rings (SSSR count). The van der Waals surface area contributed by atoms with Gasteiger partial charge in [-0.2, -0.15) is 0 Å². The summed E-state index contributed by atoms with van der Waals surface area (Å²) in [4.78, 5) is 39.2. The Labute approximate surface area is 154 Å². The van der Waals surface area contributed by atoms with Crippen molar-refractivity contribution < 1.29 is 19.1 Å². The quantitative estimate of drug-likeness (QED) is 0.791. The van der Waals surface area contributed by atoms with E-state index in [-0.39, 0.29) is 23.7 Å². The van der Waals surface area contributed by atoms with Crippen LogP contribution in [-0.2, 0) is 14.3 Å². The number of unbranched alkanes of at least 4 members (excludes halogenated alkanes) is 1. The summed E-state index contributed by atoms with van der Waals surface area (Å²) in [6.07, 6.45) is 3.59. The number of carbonyl (C=O) groups is 3. The van der Waals surface area contributed by atoms with Crippen LogP contribution in [0.1, 0.15) is 50.4 Å². The highest BCUT2D eigenvalue weighted by Gasteiger charge is 2.43. The molecule has 1 unspecified atom stereocenters. The lowest BCUT2D eigenvalue weighted by atomic mass is 9.87. The van der Waals surface area contributed by atoms with E-state index in [2.05, 4.69) is 12.2 Å². The molecular weight excluding hydrogens is 332 g/mol. The number of amides is 1. The minimum Gasteiger partial charge on any atom is -0.465 e. The van der Waals surface area contributed by atoms with Crippen molar-refractivity contribution in [2.45, 2.75) is 45.6 Å². The van der Waals surface area contributed by atoms with E-state index in [1.165, 1.54) is 7.11 Å². The van der Waals surface area contributed by atoms with Gasteiger partial charge in [-0.1, -0.05) is 25.5 Å². The van der Waals surface area contributed by atoms with Gasteiger partial charge in [0.1, 0.15) is 5.54 Å². The number of para-hydroxylation sites is 1. The molecule has 6 nitrogen and oxygen atoms in total. The molecule has 1 N–H and O–H groups in total. The molecule has 0 radical (unpaired) electrons. The zero-order valence-electron chi connectivity index (χ0n) is 15.8. The van der Waals surface area contributed by atoms with Crippen molar-refractivity contribution >= 4 is 23.3 Å². The maximum atomic E-state index is 13.1. The van der Waals surface area contributed by atoms with Gasteiger partial charge in [-0.15, -0.1) is 0 Å². The molecule has 0 fully saturated rings. The molecule has 0 aromatic heterocycles. The summed E-state index contributed by atoms with van der Waals surface area (Å²) in [5.41, 5.74) is 0.435. The van der Waals surface area contributed by atoms with Gasteiger partial charge in [-0.3, -0.25) is 9.59 Å². The van der Waals surface area contributed by atoms with Crippen molar-refractivity contribution in [3.63, 3.8) is 0 Å². The first-order valence-electron chi connectivity index (χ1n) is 8.81.